The Morgan fingerprint density at radius 2 is 2.00 bits per heavy atom. The molecule has 8 heteroatoms. The second-order valence-electron chi connectivity index (χ2n) is 6.94. The topological polar surface area (TPSA) is 78.5 Å². The summed E-state index contributed by atoms with van der Waals surface area (Å²) >= 11 is 3.35. The minimum Gasteiger partial charge on any atom is -0.347 e. The van der Waals surface area contributed by atoms with Gasteiger partial charge < -0.3 is 15.5 Å². The normalized spacial score (nSPS) is 13.5. The minimum absolute atomic E-state index is 0.0759. The third-order valence-corrected chi connectivity index (χ3v) is 6.70. The third-order valence-electron chi connectivity index (χ3n) is 4.82. The first-order valence-electron chi connectivity index (χ1n) is 9.71. The van der Waals surface area contributed by atoms with Crippen LogP contribution in [0.25, 0.3) is 10.4 Å². The van der Waals surface area contributed by atoms with Gasteiger partial charge in [0.2, 0.25) is 5.91 Å². The molecule has 154 valence electrons. The molecule has 3 heterocycles. The first-order valence-corrected chi connectivity index (χ1v) is 11.5. The lowest BCUT2D eigenvalue weighted by atomic mass is 10.2. The summed E-state index contributed by atoms with van der Waals surface area (Å²) in [4.78, 5) is 40.3. The fourth-order valence-corrected chi connectivity index (χ4v) is 5.05. The zero-order chi connectivity index (χ0) is 20.9. The highest BCUT2D eigenvalue weighted by Gasteiger charge is 2.22. The summed E-state index contributed by atoms with van der Waals surface area (Å²) < 4.78 is 0. The van der Waals surface area contributed by atoms with Crippen LogP contribution in [0.3, 0.4) is 0 Å². The van der Waals surface area contributed by atoms with Gasteiger partial charge in [0.25, 0.3) is 0 Å². The van der Waals surface area contributed by atoms with Crippen molar-refractivity contribution >= 4 is 51.8 Å². The molecule has 2 N–H and O–H groups in total. The van der Waals surface area contributed by atoms with Crippen LogP contribution < -0.4 is 15.5 Å². The molecule has 0 unspecified atom stereocenters. The van der Waals surface area contributed by atoms with E-state index in [1.807, 2.05) is 11.4 Å². The van der Waals surface area contributed by atoms with Gasteiger partial charge in [-0.1, -0.05) is 6.07 Å². The summed E-state index contributed by atoms with van der Waals surface area (Å²) in [5.74, 6) is -1.32. The van der Waals surface area contributed by atoms with E-state index < -0.39 is 11.8 Å². The molecule has 0 saturated carbocycles. The average molecular weight is 440 g/mol. The quantitative estimate of drug-likeness (QED) is 0.572. The molecule has 1 aliphatic rings. The van der Waals surface area contributed by atoms with Crippen molar-refractivity contribution in [3.05, 3.63) is 58.1 Å². The maximum Gasteiger partial charge on any atom is 0.313 e. The number of hydrogen-bond acceptors (Lipinski definition) is 5. The fourth-order valence-electron chi connectivity index (χ4n) is 3.31. The molecule has 3 amide bonds. The predicted molar refractivity (Wildman–Crippen MR) is 121 cm³/mol. The number of thiophene rings is 2. The summed E-state index contributed by atoms with van der Waals surface area (Å²) in [6, 6.07) is 13.2. The molecule has 0 spiro atoms. The first-order chi connectivity index (χ1) is 14.6. The van der Waals surface area contributed by atoms with E-state index in [4.69, 9.17) is 0 Å². The lowest BCUT2D eigenvalue weighted by Crippen LogP contribution is -2.36. The summed E-state index contributed by atoms with van der Waals surface area (Å²) in [6.45, 7) is 1.06. The average Bonchev–Trinajstić information content (AvgIpc) is 3.49. The number of benzene rings is 1. The van der Waals surface area contributed by atoms with Crippen molar-refractivity contribution in [3.8, 4) is 10.4 Å². The van der Waals surface area contributed by atoms with Crippen LogP contribution in [0.15, 0.2) is 53.2 Å². The van der Waals surface area contributed by atoms with Gasteiger partial charge in [-0.2, -0.15) is 11.3 Å². The molecule has 4 rings (SSSR count). The molecule has 1 fully saturated rings. The van der Waals surface area contributed by atoms with Gasteiger partial charge in [-0.3, -0.25) is 14.4 Å². The highest BCUT2D eigenvalue weighted by atomic mass is 32.1. The van der Waals surface area contributed by atoms with Crippen molar-refractivity contribution in [1.29, 1.82) is 0 Å². The van der Waals surface area contributed by atoms with Crippen LogP contribution in [0, 0.1) is 0 Å². The summed E-state index contributed by atoms with van der Waals surface area (Å²) in [5.41, 5.74) is 2.43. The Bertz CT molecular complexity index is 1060. The van der Waals surface area contributed by atoms with Gasteiger partial charge >= 0.3 is 11.8 Å². The van der Waals surface area contributed by atoms with Gasteiger partial charge in [0, 0.05) is 46.2 Å². The van der Waals surface area contributed by atoms with Crippen molar-refractivity contribution in [2.45, 2.75) is 19.3 Å². The van der Waals surface area contributed by atoms with Crippen molar-refractivity contribution < 1.29 is 14.4 Å². The Hall–Kier alpha value is -2.97. The molecule has 6 nitrogen and oxygen atoms in total. The van der Waals surface area contributed by atoms with Crippen LogP contribution in [0.2, 0.25) is 0 Å². The predicted octanol–water partition coefficient (Wildman–Crippen LogP) is 3.90. The second-order valence-corrected chi connectivity index (χ2v) is 8.89. The molecule has 0 atom stereocenters. The number of nitrogens with zero attached hydrogens (tertiary/aromatic N) is 1. The molecule has 1 aliphatic heterocycles. The third kappa shape index (κ3) is 4.77. The minimum atomic E-state index is -0.718. The lowest BCUT2D eigenvalue weighted by Gasteiger charge is -2.16. The Labute approximate surface area is 182 Å². The monoisotopic (exact) mass is 439 g/mol. The van der Waals surface area contributed by atoms with Crippen molar-refractivity contribution in [2.24, 2.45) is 0 Å². The molecule has 2 aromatic heterocycles. The maximum atomic E-state index is 12.2. The van der Waals surface area contributed by atoms with Crippen LogP contribution in [0.1, 0.15) is 17.7 Å². The zero-order valence-corrected chi connectivity index (χ0v) is 17.9. The number of carbonyl (C=O) groups excluding carboxylic acids is 3. The van der Waals surface area contributed by atoms with E-state index >= 15 is 0 Å². The molecule has 0 radical (unpaired) electrons. The number of carbonyl (C=O) groups is 3. The first kappa shape index (κ1) is 20.3. The second kappa shape index (κ2) is 9.23. The molecule has 1 aromatic carbocycles. The zero-order valence-electron chi connectivity index (χ0n) is 16.2. The van der Waals surface area contributed by atoms with Crippen molar-refractivity contribution in [3.63, 3.8) is 0 Å². The van der Waals surface area contributed by atoms with Crippen LogP contribution in [-0.4, -0.2) is 30.8 Å². The number of amides is 3. The van der Waals surface area contributed by atoms with Crippen molar-refractivity contribution in [2.75, 3.05) is 23.3 Å². The SMILES string of the molecule is O=C(NCCc1ccc(-c2ccsc2)s1)C(=O)Nc1cccc(N2CCCC2=O)c1. The Kier molecular flexibility index (Phi) is 6.25. The smallest absolute Gasteiger partial charge is 0.313 e. The fraction of sp³-hybridized carbons (Fsp3) is 0.227. The van der Waals surface area contributed by atoms with Crippen LogP contribution in [-0.2, 0) is 20.8 Å². The number of nitrogens with one attached hydrogen (secondary N) is 2. The Morgan fingerprint density at radius 1 is 1.10 bits per heavy atom. The van der Waals surface area contributed by atoms with E-state index in [9.17, 15) is 14.4 Å². The summed E-state index contributed by atoms with van der Waals surface area (Å²) in [6.07, 6.45) is 2.04. The molecular weight excluding hydrogens is 418 g/mol. The molecular formula is C22H21N3O3S2. The number of rotatable bonds is 6. The standard InChI is InChI=1S/C22H21N3O3S2/c26-20-5-2-11-25(20)17-4-1-3-16(13-17)24-22(28)21(27)23-10-8-18-6-7-19(30-18)15-9-12-29-14-15/h1,3-4,6-7,9,12-14H,2,5,8,10-11H2,(H,23,27)(H,24,28). The van der Waals surface area contributed by atoms with E-state index in [0.29, 0.717) is 31.6 Å². The number of anilines is 2. The van der Waals surface area contributed by atoms with Crippen LogP contribution in [0.4, 0.5) is 11.4 Å². The van der Waals surface area contributed by atoms with E-state index in [-0.39, 0.29) is 5.91 Å². The summed E-state index contributed by atoms with van der Waals surface area (Å²) in [7, 11) is 0. The van der Waals surface area contributed by atoms with E-state index in [0.717, 1.165) is 17.0 Å². The molecule has 30 heavy (non-hydrogen) atoms. The molecule has 1 saturated heterocycles. The number of hydrogen-bond donors (Lipinski definition) is 2. The van der Waals surface area contributed by atoms with Gasteiger partial charge in [0.1, 0.15) is 0 Å². The van der Waals surface area contributed by atoms with Gasteiger partial charge in [-0.15, -0.1) is 11.3 Å². The molecule has 0 aliphatic carbocycles. The maximum absolute atomic E-state index is 12.2. The Balaban J connectivity index is 1.27. The van der Waals surface area contributed by atoms with E-state index in [1.54, 1.807) is 45.8 Å². The van der Waals surface area contributed by atoms with Gasteiger partial charge in [0.15, 0.2) is 0 Å². The highest BCUT2D eigenvalue weighted by Crippen LogP contribution is 2.29. The van der Waals surface area contributed by atoms with Crippen LogP contribution in [0.5, 0.6) is 0 Å². The summed E-state index contributed by atoms with van der Waals surface area (Å²) in [5, 5.41) is 9.43. The molecule has 0 bridgehead atoms. The van der Waals surface area contributed by atoms with Gasteiger partial charge in [0.05, 0.1) is 0 Å². The van der Waals surface area contributed by atoms with Crippen molar-refractivity contribution in [1.82, 2.24) is 5.32 Å². The largest absolute Gasteiger partial charge is 0.347 e. The molecule has 3 aromatic rings. The highest BCUT2D eigenvalue weighted by molar-refractivity contribution is 7.16. The van der Waals surface area contributed by atoms with E-state index in [1.165, 1.54) is 10.4 Å². The Morgan fingerprint density at radius 3 is 2.77 bits per heavy atom. The van der Waals surface area contributed by atoms with E-state index in [2.05, 4.69) is 34.2 Å². The lowest BCUT2D eigenvalue weighted by molar-refractivity contribution is -0.136. The van der Waals surface area contributed by atoms with Crippen LogP contribution >= 0.6 is 22.7 Å². The van der Waals surface area contributed by atoms with Gasteiger partial charge in [-0.05, 0) is 60.0 Å². The van der Waals surface area contributed by atoms with Gasteiger partial charge in [-0.25, -0.2) is 0 Å².